The molecule has 0 atom stereocenters. The van der Waals surface area contributed by atoms with Crippen LogP contribution in [0.1, 0.15) is 22.3 Å². The molecule has 168 valence electrons. The fourth-order valence-electron chi connectivity index (χ4n) is 3.71. The van der Waals surface area contributed by atoms with Crippen LogP contribution in [-0.2, 0) is 25.9 Å². The molecule has 0 bridgehead atoms. The summed E-state index contributed by atoms with van der Waals surface area (Å²) in [6.45, 7) is 3.66. The van der Waals surface area contributed by atoms with E-state index in [-0.39, 0.29) is 0 Å². The standard InChI is InChI=1S/C30H32N2O/c1-3-7-25(8-4-1)19-21-31-23-27-11-15-29(16-12-27)33-30-17-13-28(14-18-30)24-32-22-20-26-9-5-2-6-10-26/h1-18,31-32H,19-24H2. The van der Waals surface area contributed by atoms with Crippen molar-refractivity contribution in [2.75, 3.05) is 13.1 Å². The average molecular weight is 437 g/mol. The molecule has 0 unspecified atom stereocenters. The minimum absolute atomic E-state index is 0.858. The van der Waals surface area contributed by atoms with Gasteiger partial charge >= 0.3 is 0 Å². The Balaban J connectivity index is 1.15. The molecule has 0 radical (unpaired) electrons. The summed E-state index contributed by atoms with van der Waals surface area (Å²) in [5.41, 5.74) is 5.24. The Bertz CT molecular complexity index is 973. The minimum atomic E-state index is 0.858. The summed E-state index contributed by atoms with van der Waals surface area (Å²) in [7, 11) is 0. The SMILES string of the molecule is c1ccc(CCNCc2ccc(Oc3ccc(CNCCc4ccccc4)cc3)cc2)cc1. The number of nitrogens with one attached hydrogen (secondary N) is 2. The Hall–Kier alpha value is -3.40. The maximum Gasteiger partial charge on any atom is 0.127 e. The Kier molecular flexibility index (Phi) is 8.69. The van der Waals surface area contributed by atoms with Gasteiger partial charge in [-0.15, -0.1) is 0 Å². The van der Waals surface area contributed by atoms with Crippen molar-refractivity contribution in [1.82, 2.24) is 10.6 Å². The first kappa shape index (κ1) is 22.8. The maximum absolute atomic E-state index is 6.01. The average Bonchev–Trinajstić information content (AvgIpc) is 2.88. The summed E-state index contributed by atoms with van der Waals surface area (Å²) < 4.78 is 6.01. The molecule has 0 heterocycles. The Labute approximate surface area is 197 Å². The van der Waals surface area contributed by atoms with E-state index in [0.29, 0.717) is 0 Å². The van der Waals surface area contributed by atoms with Crippen LogP contribution in [0.4, 0.5) is 0 Å². The van der Waals surface area contributed by atoms with Crippen molar-refractivity contribution in [3.8, 4) is 11.5 Å². The third-order valence-corrected chi connectivity index (χ3v) is 5.61. The number of hydrogen-bond donors (Lipinski definition) is 2. The van der Waals surface area contributed by atoms with E-state index < -0.39 is 0 Å². The Morgan fingerprint density at radius 2 is 0.818 bits per heavy atom. The van der Waals surface area contributed by atoms with E-state index in [9.17, 15) is 0 Å². The summed E-state index contributed by atoms with van der Waals surface area (Å²) in [4.78, 5) is 0. The quantitative estimate of drug-likeness (QED) is 0.262. The molecule has 33 heavy (non-hydrogen) atoms. The number of ether oxygens (including phenoxy) is 1. The Morgan fingerprint density at radius 3 is 1.21 bits per heavy atom. The summed E-state index contributed by atoms with van der Waals surface area (Å²) in [6.07, 6.45) is 2.08. The molecule has 0 saturated carbocycles. The Morgan fingerprint density at radius 1 is 0.424 bits per heavy atom. The van der Waals surface area contributed by atoms with Crippen LogP contribution in [-0.4, -0.2) is 13.1 Å². The molecule has 4 rings (SSSR count). The fraction of sp³-hybridized carbons (Fsp3) is 0.200. The first-order valence-corrected chi connectivity index (χ1v) is 11.7. The van der Waals surface area contributed by atoms with E-state index in [4.69, 9.17) is 4.74 Å². The highest BCUT2D eigenvalue weighted by Crippen LogP contribution is 2.22. The molecule has 0 amide bonds. The molecule has 0 saturated heterocycles. The fourth-order valence-corrected chi connectivity index (χ4v) is 3.71. The smallest absolute Gasteiger partial charge is 0.127 e. The molecular formula is C30H32N2O. The highest BCUT2D eigenvalue weighted by atomic mass is 16.5. The highest BCUT2D eigenvalue weighted by molar-refractivity contribution is 5.34. The van der Waals surface area contributed by atoms with Crippen LogP contribution in [0.15, 0.2) is 109 Å². The maximum atomic E-state index is 6.01. The van der Waals surface area contributed by atoms with Gasteiger partial charge in [-0.1, -0.05) is 84.9 Å². The van der Waals surface area contributed by atoms with E-state index in [2.05, 4.69) is 95.6 Å². The van der Waals surface area contributed by atoms with Crippen LogP contribution in [0.2, 0.25) is 0 Å². The predicted octanol–water partition coefficient (Wildman–Crippen LogP) is 6.14. The van der Waals surface area contributed by atoms with Crippen LogP contribution in [0.3, 0.4) is 0 Å². The zero-order valence-corrected chi connectivity index (χ0v) is 19.0. The van der Waals surface area contributed by atoms with Crippen molar-refractivity contribution in [3.05, 3.63) is 131 Å². The zero-order chi connectivity index (χ0) is 22.6. The molecule has 0 fully saturated rings. The van der Waals surface area contributed by atoms with Gasteiger partial charge in [0, 0.05) is 13.1 Å². The van der Waals surface area contributed by atoms with Gasteiger partial charge in [0.15, 0.2) is 0 Å². The second-order valence-electron chi connectivity index (χ2n) is 8.21. The van der Waals surface area contributed by atoms with Crippen LogP contribution in [0.25, 0.3) is 0 Å². The topological polar surface area (TPSA) is 33.3 Å². The normalized spacial score (nSPS) is 10.8. The second-order valence-corrected chi connectivity index (χ2v) is 8.21. The summed E-state index contributed by atoms with van der Waals surface area (Å²) in [6, 6.07) is 37.8. The second kappa shape index (κ2) is 12.6. The van der Waals surface area contributed by atoms with Gasteiger partial charge in [0.05, 0.1) is 0 Å². The van der Waals surface area contributed by atoms with Crippen LogP contribution in [0, 0.1) is 0 Å². The van der Waals surface area contributed by atoms with Gasteiger partial charge in [-0.2, -0.15) is 0 Å². The molecular weight excluding hydrogens is 404 g/mol. The van der Waals surface area contributed by atoms with E-state index >= 15 is 0 Å². The molecule has 0 aromatic heterocycles. The highest BCUT2D eigenvalue weighted by Gasteiger charge is 2.00. The van der Waals surface area contributed by atoms with Crippen LogP contribution < -0.4 is 15.4 Å². The number of hydrogen-bond acceptors (Lipinski definition) is 3. The first-order valence-electron chi connectivity index (χ1n) is 11.7. The van der Waals surface area contributed by atoms with Gasteiger partial charge in [0.2, 0.25) is 0 Å². The molecule has 0 aliphatic heterocycles. The van der Waals surface area contributed by atoms with Crippen molar-refractivity contribution in [1.29, 1.82) is 0 Å². The van der Waals surface area contributed by atoms with E-state index in [1.165, 1.54) is 22.3 Å². The molecule has 0 spiro atoms. The lowest BCUT2D eigenvalue weighted by Gasteiger charge is -2.09. The number of rotatable bonds is 12. The van der Waals surface area contributed by atoms with Crippen molar-refractivity contribution in [2.45, 2.75) is 25.9 Å². The summed E-state index contributed by atoms with van der Waals surface area (Å²) in [5, 5.41) is 7.02. The van der Waals surface area contributed by atoms with Crippen LogP contribution in [0.5, 0.6) is 11.5 Å². The zero-order valence-electron chi connectivity index (χ0n) is 19.0. The number of benzene rings is 4. The summed E-state index contributed by atoms with van der Waals surface area (Å²) >= 11 is 0. The molecule has 4 aromatic carbocycles. The lowest BCUT2D eigenvalue weighted by molar-refractivity contribution is 0.482. The summed E-state index contributed by atoms with van der Waals surface area (Å²) in [5.74, 6) is 1.72. The third-order valence-electron chi connectivity index (χ3n) is 5.61. The molecule has 3 nitrogen and oxygen atoms in total. The molecule has 4 aromatic rings. The van der Waals surface area contributed by atoms with Gasteiger partial charge in [0.1, 0.15) is 11.5 Å². The van der Waals surface area contributed by atoms with Crippen LogP contribution >= 0.6 is 0 Å². The van der Waals surface area contributed by atoms with E-state index in [1.54, 1.807) is 0 Å². The molecule has 0 aliphatic rings. The monoisotopic (exact) mass is 436 g/mol. The largest absolute Gasteiger partial charge is 0.457 e. The van der Waals surface area contributed by atoms with E-state index in [0.717, 1.165) is 50.5 Å². The third kappa shape index (κ3) is 7.90. The van der Waals surface area contributed by atoms with Crippen molar-refractivity contribution >= 4 is 0 Å². The van der Waals surface area contributed by atoms with E-state index in [1.807, 2.05) is 24.3 Å². The van der Waals surface area contributed by atoms with Gasteiger partial charge < -0.3 is 15.4 Å². The minimum Gasteiger partial charge on any atom is -0.457 e. The molecule has 2 N–H and O–H groups in total. The van der Waals surface area contributed by atoms with Crippen molar-refractivity contribution < 1.29 is 4.74 Å². The van der Waals surface area contributed by atoms with Gasteiger partial charge in [-0.3, -0.25) is 0 Å². The predicted molar refractivity (Wildman–Crippen MR) is 137 cm³/mol. The van der Waals surface area contributed by atoms with Gasteiger partial charge in [0.25, 0.3) is 0 Å². The van der Waals surface area contributed by atoms with Gasteiger partial charge in [-0.25, -0.2) is 0 Å². The lowest BCUT2D eigenvalue weighted by Crippen LogP contribution is -2.16. The first-order chi connectivity index (χ1) is 16.3. The van der Waals surface area contributed by atoms with Crippen molar-refractivity contribution in [3.63, 3.8) is 0 Å². The molecule has 3 heteroatoms. The molecule has 0 aliphatic carbocycles. The lowest BCUT2D eigenvalue weighted by atomic mass is 10.1. The van der Waals surface area contributed by atoms with Crippen molar-refractivity contribution in [2.24, 2.45) is 0 Å². The van der Waals surface area contributed by atoms with Gasteiger partial charge in [-0.05, 0) is 72.5 Å².